The molecule has 1 aliphatic carbocycles. The van der Waals surface area contributed by atoms with Crippen LogP contribution in [0.2, 0.25) is 5.02 Å². The molecule has 0 spiro atoms. The van der Waals surface area contributed by atoms with Gasteiger partial charge in [0.25, 0.3) is 0 Å². The van der Waals surface area contributed by atoms with Gasteiger partial charge in [-0.1, -0.05) is 30.5 Å². The molecule has 160 valence electrons. The van der Waals surface area contributed by atoms with Crippen LogP contribution >= 0.6 is 11.6 Å². The average molecular weight is 424 g/mol. The lowest BCUT2D eigenvalue weighted by molar-refractivity contribution is -0.125. The lowest BCUT2D eigenvalue weighted by Gasteiger charge is -2.36. The minimum Gasteiger partial charge on any atom is -0.394 e. The molecule has 7 nitrogen and oxygen atoms in total. The fourth-order valence-electron chi connectivity index (χ4n) is 4.10. The van der Waals surface area contributed by atoms with E-state index in [1.807, 2.05) is 0 Å². The molecule has 1 aromatic rings. The van der Waals surface area contributed by atoms with Gasteiger partial charge in [-0.3, -0.25) is 4.79 Å². The minimum absolute atomic E-state index is 0.0370. The minimum atomic E-state index is -0.468. The zero-order valence-corrected chi connectivity index (χ0v) is 17.3. The van der Waals surface area contributed by atoms with Crippen molar-refractivity contribution in [2.45, 2.75) is 63.2 Å². The predicted octanol–water partition coefficient (Wildman–Crippen LogP) is 3.07. The molecule has 1 saturated heterocycles. The van der Waals surface area contributed by atoms with Gasteiger partial charge in [-0.05, 0) is 50.3 Å². The van der Waals surface area contributed by atoms with Crippen molar-refractivity contribution in [3.8, 4) is 0 Å². The molecule has 2 fully saturated rings. The zero-order chi connectivity index (χ0) is 20.6. The van der Waals surface area contributed by atoms with E-state index in [4.69, 9.17) is 16.3 Å². The first-order chi connectivity index (χ1) is 14.0. The molecular formula is C21H30ClN3O4. The van der Waals surface area contributed by atoms with Crippen molar-refractivity contribution in [3.63, 3.8) is 0 Å². The van der Waals surface area contributed by atoms with Gasteiger partial charge in [-0.25, -0.2) is 4.79 Å². The Labute approximate surface area is 176 Å². The number of urea groups is 1. The summed E-state index contributed by atoms with van der Waals surface area (Å²) in [5.74, 6) is 0.313. The van der Waals surface area contributed by atoms with Crippen molar-refractivity contribution in [2.24, 2.45) is 5.92 Å². The number of hydrogen-bond acceptors (Lipinski definition) is 4. The summed E-state index contributed by atoms with van der Waals surface area (Å²) < 4.78 is 5.96. The lowest BCUT2D eigenvalue weighted by atomic mass is 9.97. The molecule has 0 unspecified atom stereocenters. The summed E-state index contributed by atoms with van der Waals surface area (Å²) in [5.41, 5.74) is 0.600. The zero-order valence-electron chi connectivity index (χ0n) is 16.5. The number of aliphatic hydroxyl groups is 1. The summed E-state index contributed by atoms with van der Waals surface area (Å²) >= 11 is 5.93. The number of benzene rings is 1. The van der Waals surface area contributed by atoms with Gasteiger partial charge in [-0.15, -0.1) is 0 Å². The Bertz CT molecular complexity index is 696. The van der Waals surface area contributed by atoms with Crippen molar-refractivity contribution < 1.29 is 19.4 Å². The summed E-state index contributed by atoms with van der Waals surface area (Å²) in [6, 6.07) is 6.27. The van der Waals surface area contributed by atoms with Gasteiger partial charge in [0.1, 0.15) is 6.10 Å². The van der Waals surface area contributed by atoms with Crippen LogP contribution in [0, 0.1) is 5.92 Å². The van der Waals surface area contributed by atoms with Crippen LogP contribution in [-0.4, -0.2) is 48.4 Å². The predicted molar refractivity (Wildman–Crippen MR) is 112 cm³/mol. The van der Waals surface area contributed by atoms with Gasteiger partial charge in [0.15, 0.2) is 0 Å². The van der Waals surface area contributed by atoms with Crippen molar-refractivity contribution in [1.29, 1.82) is 0 Å². The van der Waals surface area contributed by atoms with Gasteiger partial charge < -0.3 is 25.8 Å². The molecule has 0 bridgehead atoms. The van der Waals surface area contributed by atoms with E-state index in [2.05, 4.69) is 16.0 Å². The van der Waals surface area contributed by atoms with E-state index < -0.39 is 6.10 Å². The van der Waals surface area contributed by atoms with E-state index in [1.165, 1.54) is 0 Å². The molecule has 4 N–H and O–H groups in total. The van der Waals surface area contributed by atoms with Gasteiger partial charge in [0.05, 0.1) is 18.8 Å². The van der Waals surface area contributed by atoms with E-state index in [-0.39, 0.29) is 36.6 Å². The number of amides is 3. The van der Waals surface area contributed by atoms with Crippen molar-refractivity contribution in [3.05, 3.63) is 29.3 Å². The third kappa shape index (κ3) is 6.59. The molecule has 8 heteroatoms. The second kappa shape index (κ2) is 10.8. The maximum atomic E-state index is 12.3. The standard InChI is InChI=1S/C21H30ClN3O4/c22-15-6-3-7-16(12-15)24-21(28)25-18-9-8-17(29-19(18)13-26)10-11-23-20(27)14-4-1-2-5-14/h3,6-7,12,14,17-19,26H,1-2,4-5,8-11,13H2,(H,23,27)(H2,24,25,28)/t17-,18-,19-/m1/s1. The quantitative estimate of drug-likeness (QED) is 0.541. The second-order valence-corrected chi connectivity index (χ2v) is 8.27. The molecule has 1 aliphatic heterocycles. The Balaban J connectivity index is 1.40. The highest BCUT2D eigenvalue weighted by Crippen LogP contribution is 2.25. The van der Waals surface area contributed by atoms with Crippen molar-refractivity contribution in [2.75, 3.05) is 18.5 Å². The van der Waals surface area contributed by atoms with Crippen LogP contribution in [0.3, 0.4) is 0 Å². The topological polar surface area (TPSA) is 99.7 Å². The maximum absolute atomic E-state index is 12.3. The monoisotopic (exact) mass is 423 g/mol. The van der Waals surface area contributed by atoms with Crippen LogP contribution < -0.4 is 16.0 Å². The molecule has 0 radical (unpaired) electrons. The average Bonchev–Trinajstić information content (AvgIpc) is 3.24. The highest BCUT2D eigenvalue weighted by Gasteiger charge is 2.32. The van der Waals surface area contributed by atoms with Crippen LogP contribution in [0.25, 0.3) is 0 Å². The lowest BCUT2D eigenvalue weighted by Crippen LogP contribution is -2.52. The number of anilines is 1. The largest absolute Gasteiger partial charge is 0.394 e. The van der Waals surface area contributed by atoms with E-state index >= 15 is 0 Å². The van der Waals surface area contributed by atoms with E-state index in [9.17, 15) is 14.7 Å². The molecule has 29 heavy (non-hydrogen) atoms. The smallest absolute Gasteiger partial charge is 0.319 e. The molecule has 1 saturated carbocycles. The van der Waals surface area contributed by atoms with Crippen LogP contribution in [0.15, 0.2) is 24.3 Å². The van der Waals surface area contributed by atoms with Crippen LogP contribution in [0.1, 0.15) is 44.9 Å². The number of rotatable bonds is 7. The van der Waals surface area contributed by atoms with Crippen molar-refractivity contribution >= 4 is 29.2 Å². The van der Waals surface area contributed by atoms with Gasteiger partial charge in [0, 0.05) is 23.2 Å². The summed E-state index contributed by atoms with van der Waals surface area (Å²) in [6.07, 6.45) is 5.92. The number of aliphatic hydroxyl groups excluding tert-OH is 1. The Kier molecular flexibility index (Phi) is 8.15. The fraction of sp³-hybridized carbons (Fsp3) is 0.619. The van der Waals surface area contributed by atoms with Crippen LogP contribution in [0.5, 0.6) is 0 Å². The van der Waals surface area contributed by atoms with Gasteiger partial charge >= 0.3 is 6.03 Å². The number of ether oxygens (including phenoxy) is 1. The first-order valence-corrected chi connectivity index (χ1v) is 10.8. The highest BCUT2D eigenvalue weighted by molar-refractivity contribution is 6.30. The number of nitrogens with one attached hydrogen (secondary N) is 3. The highest BCUT2D eigenvalue weighted by atomic mass is 35.5. The molecule has 1 aromatic carbocycles. The molecule has 0 aromatic heterocycles. The molecule has 3 amide bonds. The van der Waals surface area contributed by atoms with E-state index in [1.54, 1.807) is 24.3 Å². The molecule has 3 rings (SSSR count). The molecule has 2 aliphatic rings. The fourth-order valence-corrected chi connectivity index (χ4v) is 4.29. The summed E-state index contributed by atoms with van der Waals surface area (Å²) in [5, 5.41) is 18.9. The summed E-state index contributed by atoms with van der Waals surface area (Å²) in [4.78, 5) is 24.4. The van der Waals surface area contributed by atoms with Gasteiger partial charge in [-0.2, -0.15) is 0 Å². The molecular weight excluding hydrogens is 394 g/mol. The molecule has 1 heterocycles. The van der Waals surface area contributed by atoms with Gasteiger partial charge in [0.2, 0.25) is 5.91 Å². The van der Waals surface area contributed by atoms with E-state index in [0.717, 1.165) is 32.1 Å². The number of carbonyl (C=O) groups is 2. The molecule has 3 atom stereocenters. The first kappa shape index (κ1) is 21.9. The SMILES string of the molecule is O=C(Nc1cccc(Cl)c1)N[C@@H]1CC[C@H](CCNC(=O)C2CCCC2)O[C@@H]1CO. The number of hydrogen-bond donors (Lipinski definition) is 4. The van der Waals surface area contributed by atoms with Crippen LogP contribution in [-0.2, 0) is 9.53 Å². The Hall–Kier alpha value is -1.83. The Morgan fingerprint density at radius 3 is 2.69 bits per heavy atom. The Morgan fingerprint density at radius 1 is 1.17 bits per heavy atom. The summed E-state index contributed by atoms with van der Waals surface area (Å²) in [7, 11) is 0. The normalized spacial score (nSPS) is 24.8. The second-order valence-electron chi connectivity index (χ2n) is 7.83. The maximum Gasteiger partial charge on any atom is 0.319 e. The number of carbonyl (C=O) groups excluding carboxylic acids is 2. The first-order valence-electron chi connectivity index (χ1n) is 10.4. The Morgan fingerprint density at radius 2 is 1.97 bits per heavy atom. The third-order valence-electron chi connectivity index (χ3n) is 5.69. The van der Waals surface area contributed by atoms with E-state index in [0.29, 0.717) is 30.1 Å². The van der Waals surface area contributed by atoms with Crippen molar-refractivity contribution in [1.82, 2.24) is 10.6 Å². The third-order valence-corrected chi connectivity index (χ3v) is 5.92. The number of halogens is 1. The summed E-state index contributed by atoms with van der Waals surface area (Å²) in [6.45, 7) is 0.401. The van der Waals surface area contributed by atoms with Crippen LogP contribution in [0.4, 0.5) is 10.5 Å².